The van der Waals surface area contributed by atoms with Gasteiger partial charge in [-0.2, -0.15) is 0 Å². The van der Waals surface area contributed by atoms with Gasteiger partial charge >= 0.3 is 0 Å². The number of aryl methyl sites for hydroxylation is 1. The molecule has 0 aliphatic carbocycles. The maximum atomic E-state index is 13.6. The molecule has 0 aliphatic heterocycles. The molecule has 0 unspecified atom stereocenters. The van der Waals surface area contributed by atoms with Crippen LogP contribution in [0.1, 0.15) is 23.1 Å². The Bertz CT molecular complexity index is 580. The molecule has 0 radical (unpaired) electrons. The van der Waals surface area contributed by atoms with Crippen LogP contribution in [-0.4, -0.2) is 20.5 Å². The minimum atomic E-state index is -0.565. The third-order valence-corrected chi connectivity index (χ3v) is 2.50. The lowest BCUT2D eigenvalue weighted by molar-refractivity contribution is 0.101. The average molecular weight is 249 g/mol. The smallest absolute Gasteiger partial charge is 0.170 e. The van der Waals surface area contributed by atoms with Crippen molar-refractivity contribution >= 4 is 5.78 Å². The van der Waals surface area contributed by atoms with E-state index in [9.17, 15) is 9.18 Å². The van der Waals surface area contributed by atoms with Gasteiger partial charge in [0.05, 0.1) is 0 Å². The molecule has 94 valence electrons. The zero-order valence-corrected chi connectivity index (χ0v) is 10.1. The SMILES string of the molecule is CC(=O)c1ccc(OCc2nncn2C)c(F)c1. The highest BCUT2D eigenvalue weighted by Crippen LogP contribution is 2.19. The normalized spacial score (nSPS) is 10.4. The first kappa shape index (κ1) is 12.2. The van der Waals surface area contributed by atoms with Crippen LogP contribution in [0.5, 0.6) is 5.75 Å². The van der Waals surface area contributed by atoms with Gasteiger partial charge in [0.15, 0.2) is 23.2 Å². The number of aromatic nitrogens is 3. The molecule has 1 heterocycles. The zero-order valence-electron chi connectivity index (χ0n) is 10.1. The summed E-state index contributed by atoms with van der Waals surface area (Å²) in [4.78, 5) is 11.1. The summed E-state index contributed by atoms with van der Waals surface area (Å²) in [5, 5.41) is 7.51. The molecule has 0 atom stereocenters. The first-order valence-corrected chi connectivity index (χ1v) is 5.34. The Labute approximate surface area is 103 Å². The zero-order chi connectivity index (χ0) is 13.1. The molecule has 0 spiro atoms. The third kappa shape index (κ3) is 2.53. The number of carbonyl (C=O) groups is 1. The van der Waals surface area contributed by atoms with E-state index in [0.717, 1.165) is 6.07 Å². The maximum Gasteiger partial charge on any atom is 0.170 e. The highest BCUT2D eigenvalue weighted by molar-refractivity contribution is 5.94. The van der Waals surface area contributed by atoms with Crippen LogP contribution in [0.2, 0.25) is 0 Å². The van der Waals surface area contributed by atoms with Gasteiger partial charge in [0.2, 0.25) is 0 Å². The number of hydrogen-bond donors (Lipinski definition) is 0. The van der Waals surface area contributed by atoms with Gasteiger partial charge in [-0.25, -0.2) is 4.39 Å². The summed E-state index contributed by atoms with van der Waals surface area (Å²) in [6.07, 6.45) is 1.54. The van der Waals surface area contributed by atoms with Crippen molar-refractivity contribution in [1.29, 1.82) is 0 Å². The molecule has 0 saturated heterocycles. The summed E-state index contributed by atoms with van der Waals surface area (Å²) in [6.45, 7) is 1.50. The molecule has 0 aliphatic rings. The van der Waals surface area contributed by atoms with Gasteiger partial charge in [-0.3, -0.25) is 4.79 Å². The van der Waals surface area contributed by atoms with Crippen molar-refractivity contribution in [2.45, 2.75) is 13.5 Å². The molecule has 0 saturated carbocycles. The average Bonchev–Trinajstić information content (AvgIpc) is 2.73. The van der Waals surface area contributed by atoms with Crippen LogP contribution in [0.15, 0.2) is 24.5 Å². The molecule has 0 amide bonds. The number of carbonyl (C=O) groups excluding carboxylic acids is 1. The van der Waals surface area contributed by atoms with Crippen LogP contribution >= 0.6 is 0 Å². The van der Waals surface area contributed by atoms with E-state index in [4.69, 9.17) is 4.74 Å². The van der Waals surface area contributed by atoms with Crippen molar-refractivity contribution in [2.75, 3.05) is 0 Å². The van der Waals surface area contributed by atoms with Gasteiger partial charge in [-0.1, -0.05) is 0 Å². The summed E-state index contributed by atoms with van der Waals surface area (Å²) in [5.74, 6) is -0.0772. The monoisotopic (exact) mass is 249 g/mol. The predicted molar refractivity (Wildman–Crippen MR) is 61.7 cm³/mol. The molecule has 6 heteroatoms. The molecule has 0 N–H and O–H groups in total. The number of Topliss-reactive ketones (excluding diaryl/α,β-unsaturated/α-hetero) is 1. The predicted octanol–water partition coefficient (Wildman–Crippen LogP) is 1.74. The largest absolute Gasteiger partial charge is 0.483 e. The third-order valence-electron chi connectivity index (χ3n) is 2.50. The summed E-state index contributed by atoms with van der Waals surface area (Å²) >= 11 is 0. The molecule has 1 aromatic heterocycles. The minimum Gasteiger partial charge on any atom is -0.483 e. The van der Waals surface area contributed by atoms with E-state index in [1.54, 1.807) is 11.6 Å². The number of hydrogen-bond acceptors (Lipinski definition) is 4. The van der Waals surface area contributed by atoms with E-state index in [-0.39, 0.29) is 18.1 Å². The lowest BCUT2D eigenvalue weighted by atomic mass is 10.1. The van der Waals surface area contributed by atoms with Crippen LogP contribution in [0.3, 0.4) is 0 Å². The fraction of sp³-hybridized carbons (Fsp3) is 0.250. The second kappa shape index (κ2) is 4.95. The molecule has 0 fully saturated rings. The van der Waals surface area contributed by atoms with E-state index in [1.807, 2.05) is 0 Å². The molecule has 0 bridgehead atoms. The Balaban J connectivity index is 2.11. The van der Waals surface area contributed by atoms with Crippen molar-refractivity contribution in [1.82, 2.24) is 14.8 Å². The lowest BCUT2D eigenvalue weighted by Gasteiger charge is -2.07. The maximum absolute atomic E-state index is 13.6. The van der Waals surface area contributed by atoms with Gasteiger partial charge in [0.25, 0.3) is 0 Å². The van der Waals surface area contributed by atoms with Gasteiger partial charge < -0.3 is 9.30 Å². The molecule has 18 heavy (non-hydrogen) atoms. The summed E-state index contributed by atoms with van der Waals surface area (Å²) < 4.78 is 20.6. The van der Waals surface area contributed by atoms with E-state index in [1.165, 1.54) is 25.4 Å². The van der Waals surface area contributed by atoms with E-state index in [0.29, 0.717) is 11.4 Å². The van der Waals surface area contributed by atoms with Crippen LogP contribution in [0.25, 0.3) is 0 Å². The number of ether oxygens (including phenoxy) is 1. The first-order valence-electron chi connectivity index (χ1n) is 5.34. The topological polar surface area (TPSA) is 57.0 Å². The number of benzene rings is 1. The summed E-state index contributed by atoms with van der Waals surface area (Å²) in [5.41, 5.74) is 0.318. The Morgan fingerprint density at radius 1 is 1.50 bits per heavy atom. The van der Waals surface area contributed by atoms with Gasteiger partial charge in [-0.15, -0.1) is 10.2 Å². The van der Waals surface area contributed by atoms with Gasteiger partial charge in [0.1, 0.15) is 12.9 Å². The standard InChI is InChI=1S/C12H12FN3O2/c1-8(17)9-3-4-11(10(13)5-9)18-6-12-15-14-7-16(12)2/h3-5,7H,6H2,1-2H3. The fourth-order valence-electron chi connectivity index (χ4n) is 1.42. The lowest BCUT2D eigenvalue weighted by Crippen LogP contribution is -2.04. The minimum absolute atomic E-state index is 0.0861. The Hall–Kier alpha value is -2.24. The van der Waals surface area contributed by atoms with Crippen LogP contribution in [0.4, 0.5) is 4.39 Å². The van der Waals surface area contributed by atoms with Crippen LogP contribution in [-0.2, 0) is 13.7 Å². The summed E-state index contributed by atoms with van der Waals surface area (Å²) in [6, 6.07) is 4.12. The number of nitrogens with zero attached hydrogens (tertiary/aromatic N) is 3. The second-order valence-electron chi connectivity index (χ2n) is 3.85. The Kier molecular flexibility index (Phi) is 3.36. The van der Waals surface area contributed by atoms with Gasteiger partial charge in [-0.05, 0) is 25.1 Å². The molecular weight excluding hydrogens is 237 g/mol. The molecule has 1 aromatic carbocycles. The number of halogens is 1. The number of rotatable bonds is 4. The van der Waals surface area contributed by atoms with E-state index in [2.05, 4.69) is 10.2 Å². The van der Waals surface area contributed by atoms with Crippen molar-refractivity contribution in [2.24, 2.45) is 7.05 Å². The quantitative estimate of drug-likeness (QED) is 0.774. The first-order chi connectivity index (χ1) is 8.58. The van der Waals surface area contributed by atoms with Gasteiger partial charge in [0, 0.05) is 12.6 Å². The molecule has 2 rings (SSSR count). The fourth-order valence-corrected chi connectivity index (χ4v) is 1.42. The number of ketones is 1. The van der Waals surface area contributed by atoms with Crippen LogP contribution < -0.4 is 4.74 Å². The van der Waals surface area contributed by atoms with Crippen LogP contribution in [0, 0.1) is 5.82 Å². The van der Waals surface area contributed by atoms with E-state index >= 15 is 0 Å². The second-order valence-corrected chi connectivity index (χ2v) is 3.85. The molecule has 5 nitrogen and oxygen atoms in total. The van der Waals surface area contributed by atoms with E-state index < -0.39 is 5.82 Å². The van der Waals surface area contributed by atoms with Crippen molar-refractivity contribution in [3.63, 3.8) is 0 Å². The Morgan fingerprint density at radius 3 is 2.83 bits per heavy atom. The van der Waals surface area contributed by atoms with Crippen molar-refractivity contribution in [3.05, 3.63) is 41.7 Å². The van der Waals surface area contributed by atoms with Crippen molar-refractivity contribution < 1.29 is 13.9 Å². The summed E-state index contributed by atoms with van der Waals surface area (Å²) in [7, 11) is 1.77. The van der Waals surface area contributed by atoms with Crippen molar-refractivity contribution in [3.8, 4) is 5.75 Å². The highest BCUT2D eigenvalue weighted by Gasteiger charge is 2.09. The molecule has 2 aromatic rings. The highest BCUT2D eigenvalue weighted by atomic mass is 19.1. The molecular formula is C12H12FN3O2. The Morgan fingerprint density at radius 2 is 2.28 bits per heavy atom.